The number of para-hydroxylation sites is 1. The Morgan fingerprint density at radius 3 is 2.92 bits per heavy atom. The van der Waals surface area contributed by atoms with Crippen molar-refractivity contribution in [2.75, 3.05) is 19.8 Å². The van der Waals surface area contributed by atoms with E-state index in [4.69, 9.17) is 0 Å². The van der Waals surface area contributed by atoms with Crippen molar-refractivity contribution < 1.29 is 0 Å². The topological polar surface area (TPSA) is 52.2 Å². The fraction of sp³-hybridized carbons (Fsp3) is 0.526. The van der Waals surface area contributed by atoms with Crippen molar-refractivity contribution in [2.45, 2.75) is 43.9 Å². The predicted molar refractivity (Wildman–Crippen MR) is 122 cm³/mol. The number of nitrogens with zero attached hydrogens (tertiary/aromatic N) is 1. The molecular formula is C19H29IN4S. The lowest BCUT2D eigenvalue weighted by atomic mass is 10.1. The van der Waals surface area contributed by atoms with Crippen LogP contribution in [0.15, 0.2) is 29.4 Å². The van der Waals surface area contributed by atoms with Crippen LogP contribution in [0.2, 0.25) is 0 Å². The lowest BCUT2D eigenvalue weighted by Gasteiger charge is -2.17. The number of aryl methyl sites for hydroxylation is 1. The van der Waals surface area contributed by atoms with Crippen molar-refractivity contribution in [2.24, 2.45) is 4.99 Å². The summed E-state index contributed by atoms with van der Waals surface area (Å²) in [6, 6.07) is 7.04. The molecule has 0 bridgehead atoms. The number of hydrogen-bond donors (Lipinski definition) is 3. The minimum atomic E-state index is 0. The normalized spacial score (nSPS) is 20.5. The molecule has 1 aliphatic rings. The van der Waals surface area contributed by atoms with Crippen LogP contribution in [-0.2, 0) is 6.42 Å². The van der Waals surface area contributed by atoms with Crippen LogP contribution < -0.4 is 10.6 Å². The molecule has 3 N–H and O–H groups in total. The number of benzene rings is 1. The highest BCUT2D eigenvalue weighted by Gasteiger charge is 2.24. The average molecular weight is 472 g/mol. The van der Waals surface area contributed by atoms with Crippen molar-refractivity contribution >= 4 is 52.6 Å². The van der Waals surface area contributed by atoms with Crippen molar-refractivity contribution in [3.63, 3.8) is 0 Å². The maximum absolute atomic E-state index is 4.38. The van der Waals surface area contributed by atoms with Crippen LogP contribution in [0.3, 0.4) is 0 Å². The Morgan fingerprint density at radius 2 is 2.20 bits per heavy atom. The zero-order valence-corrected chi connectivity index (χ0v) is 18.4. The standard InChI is InChI=1S/C19H28N4S.HI/c1-13-5-4-6-17-14(12-22-18(13)17)9-10-21-19(20-2)23-15-7-8-16(11-15)24-3;/h4-6,12,15-16,22H,7-11H2,1-3H3,(H2,20,21,23);1H. The number of nitrogens with one attached hydrogen (secondary N) is 3. The van der Waals surface area contributed by atoms with Crippen LogP contribution in [0.1, 0.15) is 30.4 Å². The Hall–Kier alpha value is -0.890. The molecule has 1 aromatic carbocycles. The number of hydrogen-bond acceptors (Lipinski definition) is 2. The summed E-state index contributed by atoms with van der Waals surface area (Å²) in [4.78, 5) is 7.78. The van der Waals surface area contributed by atoms with Crippen molar-refractivity contribution in [3.8, 4) is 0 Å². The van der Waals surface area contributed by atoms with Crippen molar-refractivity contribution in [1.29, 1.82) is 0 Å². The summed E-state index contributed by atoms with van der Waals surface area (Å²) in [5, 5.41) is 9.17. The highest BCUT2D eigenvalue weighted by molar-refractivity contribution is 14.0. The number of aliphatic imine (C=N–C) groups is 1. The van der Waals surface area contributed by atoms with Gasteiger partial charge in [-0.3, -0.25) is 4.99 Å². The molecule has 2 aromatic rings. The average Bonchev–Trinajstić information content (AvgIpc) is 3.21. The van der Waals surface area contributed by atoms with Gasteiger partial charge in [0.25, 0.3) is 0 Å². The first-order chi connectivity index (χ1) is 11.7. The van der Waals surface area contributed by atoms with Crippen molar-refractivity contribution in [3.05, 3.63) is 35.5 Å². The molecule has 1 heterocycles. The van der Waals surface area contributed by atoms with E-state index in [0.717, 1.165) is 24.2 Å². The molecule has 4 nitrogen and oxygen atoms in total. The third-order valence-corrected chi connectivity index (χ3v) is 6.07. The fourth-order valence-electron chi connectivity index (χ4n) is 3.56. The Bertz CT molecular complexity index is 713. The van der Waals surface area contributed by atoms with Gasteiger partial charge >= 0.3 is 0 Å². The molecule has 25 heavy (non-hydrogen) atoms. The van der Waals surface area contributed by atoms with Crippen LogP contribution in [-0.4, -0.2) is 42.1 Å². The summed E-state index contributed by atoms with van der Waals surface area (Å²) in [6.45, 7) is 3.04. The Balaban J connectivity index is 0.00000225. The summed E-state index contributed by atoms with van der Waals surface area (Å²) in [7, 11) is 1.85. The molecular weight excluding hydrogens is 443 g/mol. The van der Waals surface area contributed by atoms with Crippen LogP contribution >= 0.6 is 35.7 Å². The van der Waals surface area contributed by atoms with E-state index in [9.17, 15) is 0 Å². The first-order valence-electron chi connectivity index (χ1n) is 8.76. The summed E-state index contributed by atoms with van der Waals surface area (Å²) in [6.07, 6.45) is 9.13. The van der Waals surface area contributed by atoms with E-state index < -0.39 is 0 Å². The molecule has 0 amide bonds. The molecule has 1 saturated carbocycles. The van der Waals surface area contributed by atoms with Gasteiger partial charge in [-0.2, -0.15) is 11.8 Å². The summed E-state index contributed by atoms with van der Waals surface area (Å²) in [5.41, 5.74) is 3.91. The number of fused-ring (bicyclic) bond motifs is 1. The predicted octanol–water partition coefficient (Wildman–Crippen LogP) is 4.09. The number of aromatic amines is 1. The number of thioether (sulfide) groups is 1. The third kappa shape index (κ3) is 5.06. The molecule has 1 fully saturated rings. The van der Waals surface area contributed by atoms with Crippen LogP contribution in [0.5, 0.6) is 0 Å². The molecule has 2 atom stereocenters. The monoisotopic (exact) mass is 472 g/mol. The van der Waals surface area contributed by atoms with Crippen LogP contribution in [0.25, 0.3) is 10.9 Å². The van der Waals surface area contributed by atoms with Gasteiger partial charge in [-0.25, -0.2) is 0 Å². The Morgan fingerprint density at radius 1 is 1.36 bits per heavy atom. The highest BCUT2D eigenvalue weighted by Crippen LogP contribution is 2.28. The van der Waals surface area contributed by atoms with Gasteiger partial charge in [-0.1, -0.05) is 18.2 Å². The summed E-state index contributed by atoms with van der Waals surface area (Å²) >= 11 is 1.99. The molecule has 0 aliphatic heterocycles. The number of aromatic nitrogens is 1. The molecule has 1 aromatic heterocycles. The van der Waals surface area contributed by atoms with E-state index >= 15 is 0 Å². The lowest BCUT2D eigenvalue weighted by Crippen LogP contribution is -2.43. The van der Waals surface area contributed by atoms with Crippen LogP contribution in [0.4, 0.5) is 0 Å². The summed E-state index contributed by atoms with van der Waals surface area (Å²) < 4.78 is 0. The molecule has 0 radical (unpaired) electrons. The van der Waals surface area contributed by atoms with E-state index in [2.05, 4.69) is 58.2 Å². The van der Waals surface area contributed by atoms with Gasteiger partial charge in [0.2, 0.25) is 0 Å². The number of halogens is 1. The second-order valence-electron chi connectivity index (χ2n) is 6.57. The molecule has 138 valence electrons. The zero-order valence-electron chi connectivity index (χ0n) is 15.3. The first kappa shape index (κ1) is 20.4. The molecule has 6 heteroatoms. The number of H-pyrrole nitrogens is 1. The zero-order chi connectivity index (χ0) is 16.9. The maximum Gasteiger partial charge on any atom is 0.191 e. The number of rotatable bonds is 5. The van der Waals surface area contributed by atoms with E-state index in [0.29, 0.717) is 6.04 Å². The van der Waals surface area contributed by atoms with Gasteiger partial charge in [-0.15, -0.1) is 24.0 Å². The first-order valence-corrected chi connectivity index (χ1v) is 10.1. The van der Waals surface area contributed by atoms with Gasteiger partial charge in [0.15, 0.2) is 5.96 Å². The van der Waals surface area contributed by atoms with Crippen molar-refractivity contribution in [1.82, 2.24) is 15.6 Å². The fourth-order valence-corrected chi connectivity index (χ4v) is 4.36. The second kappa shape index (κ2) is 9.71. The molecule has 0 spiro atoms. The SMILES string of the molecule is CN=C(NCCc1c[nH]c2c(C)cccc12)NC1CCC(SC)C1.I. The van der Waals surface area contributed by atoms with Gasteiger partial charge < -0.3 is 15.6 Å². The smallest absolute Gasteiger partial charge is 0.191 e. The Labute approximate surface area is 172 Å². The quantitative estimate of drug-likeness (QED) is 0.349. The van der Waals surface area contributed by atoms with E-state index in [-0.39, 0.29) is 24.0 Å². The minimum Gasteiger partial charge on any atom is -0.361 e. The van der Waals surface area contributed by atoms with Gasteiger partial charge in [-0.05, 0) is 50.0 Å². The van der Waals surface area contributed by atoms with E-state index in [1.54, 1.807) is 0 Å². The second-order valence-corrected chi connectivity index (χ2v) is 7.71. The van der Waals surface area contributed by atoms with E-state index in [1.807, 2.05) is 18.8 Å². The number of guanidine groups is 1. The van der Waals surface area contributed by atoms with Gasteiger partial charge in [0, 0.05) is 42.0 Å². The lowest BCUT2D eigenvalue weighted by molar-refractivity contribution is 0.615. The largest absolute Gasteiger partial charge is 0.361 e. The highest BCUT2D eigenvalue weighted by atomic mass is 127. The minimum absolute atomic E-state index is 0. The van der Waals surface area contributed by atoms with E-state index in [1.165, 1.54) is 41.3 Å². The third-order valence-electron chi connectivity index (χ3n) is 4.98. The maximum atomic E-state index is 4.38. The van der Waals surface area contributed by atoms with Gasteiger partial charge in [0.05, 0.1) is 0 Å². The molecule has 1 aliphatic carbocycles. The Kier molecular flexibility index (Phi) is 7.93. The molecule has 2 unspecified atom stereocenters. The molecule has 3 rings (SSSR count). The van der Waals surface area contributed by atoms with Gasteiger partial charge in [0.1, 0.15) is 0 Å². The summed E-state index contributed by atoms with van der Waals surface area (Å²) in [5.74, 6) is 0.928. The van der Waals surface area contributed by atoms with Crippen LogP contribution in [0, 0.1) is 6.92 Å². The molecule has 0 saturated heterocycles.